The fourth-order valence-corrected chi connectivity index (χ4v) is 4.66. The lowest BCUT2D eigenvalue weighted by atomic mass is 9.78. The number of fused-ring (bicyclic) bond motifs is 2. The molecule has 1 atom stereocenters. The van der Waals surface area contributed by atoms with Crippen molar-refractivity contribution in [2.24, 2.45) is 0 Å². The van der Waals surface area contributed by atoms with E-state index in [0.717, 1.165) is 17.8 Å². The van der Waals surface area contributed by atoms with Crippen molar-refractivity contribution < 1.29 is 14.4 Å². The standard InChI is InChI=1S/C18H26N6O3/c1-3-14(25)24-7-4-12-15(20-11-19-12)18(24)5-8-23(9-6-18)16(26)13-10-22(2)17(27)21-13/h11,13H,3-10H2,1-2H3,(H,19,20)(H,21,27)/t13-/m0/s1. The number of rotatable bonds is 2. The SMILES string of the molecule is CCC(=O)N1CCc2[nH]cnc2C12CCN(C(=O)[C@@H]1CN(C)C(=O)N1)CC2. The zero-order valence-corrected chi connectivity index (χ0v) is 15.8. The minimum absolute atomic E-state index is 0.0472. The first-order valence-electron chi connectivity index (χ1n) is 9.60. The zero-order valence-electron chi connectivity index (χ0n) is 15.8. The highest BCUT2D eigenvalue weighted by molar-refractivity contribution is 5.90. The highest BCUT2D eigenvalue weighted by Gasteiger charge is 2.49. The number of hydrogen-bond acceptors (Lipinski definition) is 4. The minimum atomic E-state index is -0.489. The van der Waals surface area contributed by atoms with Gasteiger partial charge in [0.25, 0.3) is 0 Å². The number of H-pyrrole nitrogens is 1. The Kier molecular flexibility index (Phi) is 4.32. The molecule has 3 aliphatic heterocycles. The Morgan fingerprint density at radius 1 is 1.30 bits per heavy atom. The fourth-order valence-electron chi connectivity index (χ4n) is 4.66. The van der Waals surface area contributed by atoms with Gasteiger partial charge in [-0.05, 0) is 12.8 Å². The number of carbonyl (C=O) groups is 3. The summed E-state index contributed by atoms with van der Waals surface area (Å²) in [6.07, 6.45) is 4.28. The van der Waals surface area contributed by atoms with E-state index in [4.69, 9.17) is 0 Å². The number of likely N-dealkylation sites (N-methyl/N-ethyl adjacent to an activating group) is 1. The van der Waals surface area contributed by atoms with Crippen molar-refractivity contribution in [3.8, 4) is 0 Å². The largest absolute Gasteiger partial charge is 0.348 e. The molecule has 4 amide bonds. The number of nitrogens with zero attached hydrogens (tertiary/aromatic N) is 4. The third-order valence-corrected chi connectivity index (χ3v) is 6.17. The molecule has 27 heavy (non-hydrogen) atoms. The van der Waals surface area contributed by atoms with Crippen LogP contribution in [0.2, 0.25) is 0 Å². The Bertz CT molecular complexity index is 767. The smallest absolute Gasteiger partial charge is 0.317 e. The van der Waals surface area contributed by atoms with Gasteiger partial charge in [-0.3, -0.25) is 9.59 Å². The Hall–Kier alpha value is -2.58. The normalized spacial score (nSPS) is 24.1. The number of urea groups is 1. The van der Waals surface area contributed by atoms with Crippen LogP contribution in [0.15, 0.2) is 6.33 Å². The van der Waals surface area contributed by atoms with E-state index in [1.54, 1.807) is 13.4 Å². The van der Waals surface area contributed by atoms with Gasteiger partial charge >= 0.3 is 6.03 Å². The van der Waals surface area contributed by atoms with Gasteiger partial charge in [-0.1, -0.05) is 6.92 Å². The van der Waals surface area contributed by atoms with Crippen LogP contribution in [0.1, 0.15) is 37.6 Å². The summed E-state index contributed by atoms with van der Waals surface area (Å²) in [4.78, 5) is 50.2. The van der Waals surface area contributed by atoms with Crippen LogP contribution in [0, 0.1) is 0 Å². The lowest BCUT2D eigenvalue weighted by Gasteiger charge is -2.50. The number of carbonyl (C=O) groups excluding carboxylic acids is 3. The van der Waals surface area contributed by atoms with E-state index < -0.39 is 11.6 Å². The summed E-state index contributed by atoms with van der Waals surface area (Å²) in [5.41, 5.74) is 1.61. The van der Waals surface area contributed by atoms with Crippen LogP contribution in [0.5, 0.6) is 0 Å². The Labute approximate surface area is 158 Å². The first-order valence-corrected chi connectivity index (χ1v) is 9.60. The van der Waals surface area contributed by atoms with Crippen molar-refractivity contribution in [1.29, 1.82) is 0 Å². The molecule has 0 aliphatic carbocycles. The third-order valence-electron chi connectivity index (χ3n) is 6.17. The van der Waals surface area contributed by atoms with Crippen LogP contribution < -0.4 is 5.32 Å². The lowest BCUT2D eigenvalue weighted by Crippen LogP contribution is -2.60. The molecule has 0 unspecified atom stereocenters. The van der Waals surface area contributed by atoms with Gasteiger partial charge in [0.2, 0.25) is 11.8 Å². The van der Waals surface area contributed by atoms with Gasteiger partial charge in [-0.15, -0.1) is 0 Å². The van der Waals surface area contributed by atoms with Crippen molar-refractivity contribution in [2.45, 2.75) is 44.2 Å². The number of nitrogens with one attached hydrogen (secondary N) is 2. The van der Waals surface area contributed by atoms with Gasteiger partial charge < -0.3 is 25.0 Å². The number of aromatic amines is 1. The maximum Gasteiger partial charge on any atom is 0.317 e. The van der Waals surface area contributed by atoms with Gasteiger partial charge in [0, 0.05) is 45.2 Å². The molecule has 9 nitrogen and oxygen atoms in total. The molecule has 0 aromatic carbocycles. The van der Waals surface area contributed by atoms with E-state index in [0.29, 0.717) is 45.4 Å². The lowest BCUT2D eigenvalue weighted by molar-refractivity contribution is -0.144. The van der Waals surface area contributed by atoms with Crippen LogP contribution in [-0.4, -0.2) is 81.8 Å². The molecule has 2 N–H and O–H groups in total. The monoisotopic (exact) mass is 374 g/mol. The van der Waals surface area contributed by atoms with Crippen LogP contribution in [-0.2, 0) is 21.5 Å². The van der Waals surface area contributed by atoms with Crippen molar-refractivity contribution in [2.75, 3.05) is 33.2 Å². The Balaban J connectivity index is 1.53. The van der Waals surface area contributed by atoms with E-state index in [-0.39, 0.29) is 17.8 Å². The number of imidazole rings is 1. The van der Waals surface area contributed by atoms with Gasteiger partial charge in [0.1, 0.15) is 6.04 Å². The molecule has 2 saturated heterocycles. The van der Waals surface area contributed by atoms with Gasteiger partial charge in [0.05, 0.1) is 24.1 Å². The quantitative estimate of drug-likeness (QED) is 0.763. The average Bonchev–Trinajstić information content (AvgIpc) is 3.29. The predicted molar refractivity (Wildman–Crippen MR) is 96.7 cm³/mol. The molecule has 146 valence electrons. The van der Waals surface area contributed by atoms with Crippen molar-refractivity contribution in [1.82, 2.24) is 30.0 Å². The van der Waals surface area contributed by atoms with E-state index in [1.165, 1.54) is 4.90 Å². The number of amides is 4. The summed E-state index contributed by atoms with van der Waals surface area (Å²) in [5, 5.41) is 2.73. The van der Waals surface area contributed by atoms with E-state index in [9.17, 15) is 14.4 Å². The van der Waals surface area contributed by atoms with Crippen LogP contribution >= 0.6 is 0 Å². The summed E-state index contributed by atoms with van der Waals surface area (Å²) in [6.45, 7) is 4.06. The zero-order chi connectivity index (χ0) is 19.2. The number of aromatic nitrogens is 2. The molecule has 1 spiro atoms. The van der Waals surface area contributed by atoms with Crippen LogP contribution in [0.4, 0.5) is 4.79 Å². The third kappa shape index (κ3) is 2.76. The van der Waals surface area contributed by atoms with E-state index >= 15 is 0 Å². The van der Waals surface area contributed by atoms with Gasteiger partial charge in [-0.2, -0.15) is 0 Å². The number of piperidine rings is 1. The maximum atomic E-state index is 12.8. The van der Waals surface area contributed by atoms with Crippen molar-refractivity contribution in [3.05, 3.63) is 17.7 Å². The molecule has 1 aromatic heterocycles. The van der Waals surface area contributed by atoms with Crippen molar-refractivity contribution in [3.63, 3.8) is 0 Å². The summed E-state index contributed by atoms with van der Waals surface area (Å²) in [7, 11) is 1.68. The fraction of sp³-hybridized carbons (Fsp3) is 0.667. The first kappa shape index (κ1) is 17.8. The number of likely N-dealkylation sites (tertiary alicyclic amines) is 1. The summed E-state index contributed by atoms with van der Waals surface area (Å²) >= 11 is 0. The molecule has 0 radical (unpaired) electrons. The Morgan fingerprint density at radius 3 is 2.67 bits per heavy atom. The highest BCUT2D eigenvalue weighted by atomic mass is 16.2. The summed E-state index contributed by atoms with van der Waals surface area (Å²) in [5.74, 6) is 0.0853. The Morgan fingerprint density at radius 2 is 2.04 bits per heavy atom. The van der Waals surface area contributed by atoms with Crippen LogP contribution in [0.3, 0.4) is 0 Å². The molecular formula is C18H26N6O3. The summed E-state index contributed by atoms with van der Waals surface area (Å²) in [6, 6.07) is -0.702. The van der Waals surface area contributed by atoms with Crippen molar-refractivity contribution >= 4 is 17.8 Å². The first-order chi connectivity index (χ1) is 13.0. The molecule has 4 rings (SSSR count). The van der Waals surface area contributed by atoms with Gasteiger partial charge in [0.15, 0.2) is 0 Å². The van der Waals surface area contributed by atoms with E-state index in [1.807, 2.05) is 16.7 Å². The average molecular weight is 374 g/mol. The maximum absolute atomic E-state index is 12.8. The molecule has 0 saturated carbocycles. The molecule has 2 fully saturated rings. The molecule has 3 aliphatic rings. The summed E-state index contributed by atoms with van der Waals surface area (Å²) < 4.78 is 0. The molecule has 4 heterocycles. The van der Waals surface area contributed by atoms with Crippen LogP contribution in [0.25, 0.3) is 0 Å². The van der Waals surface area contributed by atoms with E-state index in [2.05, 4.69) is 15.3 Å². The molecular weight excluding hydrogens is 348 g/mol. The van der Waals surface area contributed by atoms with Gasteiger partial charge in [-0.25, -0.2) is 9.78 Å². The molecule has 1 aromatic rings. The second-order valence-electron chi connectivity index (χ2n) is 7.62. The minimum Gasteiger partial charge on any atom is -0.348 e. The topological polar surface area (TPSA) is 102 Å². The molecule has 9 heteroatoms. The molecule has 0 bridgehead atoms. The predicted octanol–water partition coefficient (Wildman–Crippen LogP) is 0.0457. The number of hydrogen-bond donors (Lipinski definition) is 2. The second kappa shape index (κ2) is 6.54. The second-order valence-corrected chi connectivity index (χ2v) is 7.62. The highest BCUT2D eigenvalue weighted by Crippen LogP contribution is 2.42.